The summed E-state index contributed by atoms with van der Waals surface area (Å²) in [6.07, 6.45) is 1.04. The van der Waals surface area contributed by atoms with Gasteiger partial charge in [-0.2, -0.15) is 0 Å². The second-order valence-corrected chi connectivity index (χ2v) is 10.6. The average molecular weight is 543 g/mol. The lowest BCUT2D eigenvalue weighted by atomic mass is 9.72. The SMILES string of the molecule is C=C(C)C(=O)OCCC1(CCOC(=O)C(=C)C)c2cccc(-c3ccccc3)c2-c2c(-c3ccccc3)cccc21. The summed E-state index contributed by atoms with van der Waals surface area (Å²) < 4.78 is 11.3. The predicted molar refractivity (Wildman–Crippen MR) is 164 cm³/mol. The number of carbonyl (C=O) groups excluding carboxylic acids is 2. The number of fused-ring (bicyclic) bond motifs is 3. The molecule has 0 N–H and O–H groups in total. The minimum Gasteiger partial charge on any atom is -0.462 e. The molecular weight excluding hydrogens is 508 g/mol. The first-order chi connectivity index (χ1) is 19.8. The quantitative estimate of drug-likeness (QED) is 0.149. The van der Waals surface area contributed by atoms with Gasteiger partial charge in [-0.05, 0) is 71.2 Å². The summed E-state index contributed by atoms with van der Waals surface area (Å²) >= 11 is 0. The Morgan fingerprint density at radius 1 is 0.585 bits per heavy atom. The minimum absolute atomic E-state index is 0.199. The summed E-state index contributed by atoms with van der Waals surface area (Å²) in [5.41, 5.74) is 9.25. The van der Waals surface area contributed by atoms with Crippen LogP contribution in [0.25, 0.3) is 33.4 Å². The van der Waals surface area contributed by atoms with Gasteiger partial charge in [0.1, 0.15) is 0 Å². The molecule has 0 amide bonds. The fourth-order valence-corrected chi connectivity index (χ4v) is 5.85. The van der Waals surface area contributed by atoms with Gasteiger partial charge in [0.15, 0.2) is 0 Å². The Morgan fingerprint density at radius 3 is 1.34 bits per heavy atom. The smallest absolute Gasteiger partial charge is 0.333 e. The number of rotatable bonds is 10. The maximum absolute atomic E-state index is 12.4. The molecule has 0 saturated carbocycles. The number of hydrogen-bond donors (Lipinski definition) is 0. The molecule has 0 radical (unpaired) electrons. The van der Waals surface area contributed by atoms with Crippen LogP contribution in [0.4, 0.5) is 0 Å². The third-order valence-corrected chi connectivity index (χ3v) is 7.80. The lowest BCUT2D eigenvalue weighted by Crippen LogP contribution is -2.30. The lowest BCUT2D eigenvalue weighted by Gasteiger charge is -2.32. The number of ether oxygens (including phenoxy) is 2. The second kappa shape index (κ2) is 11.8. The highest BCUT2D eigenvalue weighted by molar-refractivity contribution is 5.99. The molecule has 0 atom stereocenters. The van der Waals surface area contributed by atoms with Crippen LogP contribution in [0.15, 0.2) is 121 Å². The van der Waals surface area contributed by atoms with Crippen LogP contribution in [0.5, 0.6) is 0 Å². The van der Waals surface area contributed by atoms with Crippen molar-refractivity contribution in [3.8, 4) is 33.4 Å². The van der Waals surface area contributed by atoms with Crippen LogP contribution < -0.4 is 0 Å². The summed E-state index contributed by atoms with van der Waals surface area (Å²) in [6.45, 7) is 11.2. The Morgan fingerprint density at radius 2 is 0.976 bits per heavy atom. The van der Waals surface area contributed by atoms with Gasteiger partial charge in [0.25, 0.3) is 0 Å². The molecule has 0 saturated heterocycles. The Hall–Kier alpha value is -4.70. The molecule has 0 aromatic heterocycles. The maximum atomic E-state index is 12.4. The van der Waals surface area contributed by atoms with Crippen molar-refractivity contribution in [2.24, 2.45) is 0 Å². The molecule has 5 rings (SSSR count). The molecule has 0 heterocycles. The molecule has 0 bridgehead atoms. The van der Waals surface area contributed by atoms with E-state index in [1.54, 1.807) is 13.8 Å². The van der Waals surface area contributed by atoms with Crippen molar-refractivity contribution in [1.29, 1.82) is 0 Å². The molecule has 4 heteroatoms. The number of carbonyl (C=O) groups is 2. The first-order valence-corrected chi connectivity index (χ1v) is 13.9. The van der Waals surface area contributed by atoms with Gasteiger partial charge in [-0.25, -0.2) is 9.59 Å². The second-order valence-electron chi connectivity index (χ2n) is 10.6. The fourth-order valence-electron chi connectivity index (χ4n) is 5.85. The molecule has 206 valence electrons. The van der Waals surface area contributed by atoms with Gasteiger partial charge in [0.05, 0.1) is 13.2 Å². The van der Waals surface area contributed by atoms with Crippen LogP contribution >= 0.6 is 0 Å². The van der Waals surface area contributed by atoms with Crippen molar-refractivity contribution in [3.63, 3.8) is 0 Å². The highest BCUT2D eigenvalue weighted by Crippen LogP contribution is 2.58. The van der Waals surface area contributed by atoms with Crippen LogP contribution in [0.3, 0.4) is 0 Å². The zero-order valence-electron chi connectivity index (χ0n) is 23.6. The Labute approximate surface area is 242 Å². The van der Waals surface area contributed by atoms with Gasteiger partial charge in [0, 0.05) is 16.6 Å². The van der Waals surface area contributed by atoms with E-state index in [1.807, 2.05) is 12.1 Å². The molecule has 0 aliphatic heterocycles. The van der Waals surface area contributed by atoms with Crippen molar-refractivity contribution in [2.45, 2.75) is 32.1 Å². The number of benzene rings is 4. The Kier molecular flexibility index (Phi) is 8.02. The van der Waals surface area contributed by atoms with Gasteiger partial charge >= 0.3 is 11.9 Å². The molecule has 0 fully saturated rings. The van der Waals surface area contributed by atoms with Crippen LogP contribution in [0, 0.1) is 0 Å². The van der Waals surface area contributed by atoms with Crippen LogP contribution in [-0.4, -0.2) is 25.2 Å². The normalized spacial score (nSPS) is 12.6. The molecule has 0 unspecified atom stereocenters. The third-order valence-electron chi connectivity index (χ3n) is 7.80. The highest BCUT2D eigenvalue weighted by Gasteiger charge is 2.45. The number of hydrogen-bond acceptors (Lipinski definition) is 4. The molecule has 1 aliphatic carbocycles. The maximum Gasteiger partial charge on any atom is 0.333 e. The lowest BCUT2D eigenvalue weighted by molar-refractivity contribution is -0.139. The van der Waals surface area contributed by atoms with Gasteiger partial charge in [-0.3, -0.25) is 0 Å². The Balaban J connectivity index is 1.73. The van der Waals surface area contributed by atoms with Gasteiger partial charge < -0.3 is 9.47 Å². The standard InChI is InChI=1S/C37H34O4/c1-25(2)35(38)40-23-21-37(22-24-41-36(39)26(3)4)31-19-11-17-29(27-13-7-5-8-14-27)33(31)34-30(18-12-20-32(34)37)28-15-9-6-10-16-28/h5-20H,1,3,21-24H2,2,4H3. The van der Waals surface area contributed by atoms with E-state index in [2.05, 4.69) is 98.1 Å². The molecular formula is C37H34O4. The van der Waals surface area contributed by atoms with Crippen LogP contribution in [0.2, 0.25) is 0 Å². The topological polar surface area (TPSA) is 52.6 Å². The molecule has 4 aromatic rings. The van der Waals surface area contributed by atoms with E-state index in [-0.39, 0.29) is 13.2 Å². The fraction of sp³-hybridized carbons (Fsp3) is 0.189. The third kappa shape index (κ3) is 5.38. The van der Waals surface area contributed by atoms with Crippen LogP contribution in [0.1, 0.15) is 37.8 Å². The zero-order chi connectivity index (χ0) is 29.0. The van der Waals surface area contributed by atoms with E-state index >= 15 is 0 Å². The van der Waals surface area contributed by atoms with Crippen LogP contribution in [-0.2, 0) is 24.5 Å². The van der Waals surface area contributed by atoms with Crippen molar-refractivity contribution < 1.29 is 19.1 Å². The van der Waals surface area contributed by atoms with Crippen molar-refractivity contribution in [1.82, 2.24) is 0 Å². The van der Waals surface area contributed by atoms with E-state index in [0.717, 1.165) is 44.5 Å². The Bertz CT molecular complexity index is 1490. The summed E-state index contributed by atoms with van der Waals surface area (Å²) in [7, 11) is 0. The zero-order valence-corrected chi connectivity index (χ0v) is 23.6. The van der Waals surface area contributed by atoms with Crippen molar-refractivity contribution >= 4 is 11.9 Å². The number of esters is 2. The molecule has 0 spiro atoms. The summed E-state index contributed by atoms with van der Waals surface area (Å²) in [6, 6.07) is 33.6. The summed E-state index contributed by atoms with van der Waals surface area (Å²) in [5.74, 6) is -0.827. The highest BCUT2D eigenvalue weighted by atomic mass is 16.5. The van der Waals surface area contributed by atoms with E-state index < -0.39 is 17.4 Å². The summed E-state index contributed by atoms with van der Waals surface area (Å²) in [5, 5.41) is 0. The first-order valence-electron chi connectivity index (χ1n) is 13.9. The van der Waals surface area contributed by atoms with Crippen molar-refractivity contribution in [2.75, 3.05) is 13.2 Å². The minimum atomic E-state index is -0.565. The monoisotopic (exact) mass is 542 g/mol. The van der Waals surface area contributed by atoms with Crippen molar-refractivity contribution in [3.05, 3.63) is 132 Å². The summed E-state index contributed by atoms with van der Waals surface area (Å²) in [4.78, 5) is 24.7. The van der Waals surface area contributed by atoms with E-state index in [4.69, 9.17) is 9.47 Å². The van der Waals surface area contributed by atoms with Gasteiger partial charge in [0.2, 0.25) is 0 Å². The molecule has 41 heavy (non-hydrogen) atoms. The van der Waals surface area contributed by atoms with Gasteiger partial charge in [-0.1, -0.05) is 110 Å². The predicted octanol–water partition coefficient (Wildman–Crippen LogP) is 8.31. The molecule has 4 nitrogen and oxygen atoms in total. The van der Waals surface area contributed by atoms with E-state index in [9.17, 15) is 9.59 Å². The largest absolute Gasteiger partial charge is 0.462 e. The molecule has 1 aliphatic rings. The van der Waals surface area contributed by atoms with E-state index in [0.29, 0.717) is 24.0 Å². The average Bonchev–Trinajstić information content (AvgIpc) is 3.27. The first kappa shape index (κ1) is 27.9. The van der Waals surface area contributed by atoms with E-state index in [1.165, 1.54) is 0 Å². The van der Waals surface area contributed by atoms with Gasteiger partial charge in [-0.15, -0.1) is 0 Å². The molecule has 4 aromatic carbocycles.